The number of hydrogen-bond acceptors (Lipinski definition) is 4. The highest BCUT2D eigenvalue weighted by atomic mass is 32.2. The van der Waals surface area contributed by atoms with Gasteiger partial charge in [0.2, 0.25) is 21.8 Å². The van der Waals surface area contributed by atoms with Gasteiger partial charge in [0.25, 0.3) is 0 Å². The van der Waals surface area contributed by atoms with Crippen molar-refractivity contribution >= 4 is 21.8 Å². The molecule has 2 unspecified atom stereocenters. The number of nitrogens with one attached hydrogen (secondary N) is 1. The maximum absolute atomic E-state index is 12.7. The average molecular weight is 378 g/mol. The normalized spacial score (nSPS) is 22.0. The van der Waals surface area contributed by atoms with Crippen molar-refractivity contribution in [2.75, 3.05) is 13.3 Å². The summed E-state index contributed by atoms with van der Waals surface area (Å²) in [7, 11) is -2.35. The van der Waals surface area contributed by atoms with Crippen LogP contribution in [0.25, 0.3) is 0 Å². The van der Waals surface area contributed by atoms with Crippen LogP contribution in [0.3, 0.4) is 0 Å². The Morgan fingerprint density at radius 3 is 2.28 bits per heavy atom. The third-order valence-corrected chi connectivity index (χ3v) is 4.64. The quantitative estimate of drug-likeness (QED) is 0.868. The number of rotatable bonds is 3. The number of halogens is 3. The molecule has 0 aromatic heterocycles. The second kappa shape index (κ2) is 6.66. The second-order valence-electron chi connectivity index (χ2n) is 5.95. The summed E-state index contributed by atoms with van der Waals surface area (Å²) in [5.74, 6) is -1.94. The van der Waals surface area contributed by atoms with Gasteiger partial charge in [-0.15, -0.1) is 0 Å². The molecule has 1 aromatic carbocycles. The summed E-state index contributed by atoms with van der Waals surface area (Å²) in [6.07, 6.45) is -3.51. The Kier molecular flexibility index (Phi) is 5.12. The zero-order valence-corrected chi connectivity index (χ0v) is 14.3. The molecule has 138 valence electrons. The van der Waals surface area contributed by atoms with Crippen molar-refractivity contribution in [3.8, 4) is 0 Å². The maximum atomic E-state index is 12.7. The molecule has 2 amide bonds. The van der Waals surface area contributed by atoms with E-state index in [1.54, 1.807) is 0 Å². The molecule has 0 saturated carbocycles. The van der Waals surface area contributed by atoms with E-state index in [2.05, 4.69) is 0 Å². The molecule has 1 aliphatic heterocycles. The second-order valence-corrected chi connectivity index (χ2v) is 7.70. The van der Waals surface area contributed by atoms with Crippen LogP contribution in [0.1, 0.15) is 30.0 Å². The van der Waals surface area contributed by atoms with Crippen LogP contribution in [0, 0.1) is 5.92 Å². The molecular formula is C15H17F3N2O4S. The molecule has 2 rings (SSSR count). The number of amides is 2. The predicted molar refractivity (Wildman–Crippen MR) is 82.7 cm³/mol. The first-order valence-corrected chi connectivity index (χ1v) is 9.24. The van der Waals surface area contributed by atoms with Crippen molar-refractivity contribution in [1.29, 1.82) is 0 Å². The monoisotopic (exact) mass is 378 g/mol. The highest BCUT2D eigenvalue weighted by Gasteiger charge is 2.40. The fraction of sp³-hybridized carbons (Fsp3) is 0.467. The maximum Gasteiger partial charge on any atom is 0.416 e. The third kappa shape index (κ3) is 4.50. The van der Waals surface area contributed by atoms with Crippen molar-refractivity contribution in [3.63, 3.8) is 0 Å². The van der Waals surface area contributed by atoms with Crippen molar-refractivity contribution in [1.82, 2.24) is 9.62 Å². The van der Waals surface area contributed by atoms with E-state index < -0.39 is 39.6 Å². The average Bonchev–Trinajstić information content (AvgIpc) is 2.47. The van der Waals surface area contributed by atoms with Gasteiger partial charge in [-0.2, -0.15) is 13.2 Å². The van der Waals surface area contributed by atoms with Crippen LogP contribution in [0.15, 0.2) is 24.3 Å². The van der Waals surface area contributed by atoms with E-state index in [4.69, 9.17) is 0 Å². The van der Waals surface area contributed by atoms with Gasteiger partial charge >= 0.3 is 6.18 Å². The molecule has 2 atom stereocenters. The fourth-order valence-electron chi connectivity index (χ4n) is 2.90. The zero-order chi connectivity index (χ0) is 19.0. The molecule has 1 aromatic rings. The van der Waals surface area contributed by atoms with Crippen LogP contribution in [0.4, 0.5) is 13.2 Å². The number of hydrogen-bond donors (Lipinski definition) is 1. The lowest BCUT2D eigenvalue weighted by molar-refractivity contribution is -0.141. The van der Waals surface area contributed by atoms with Crippen molar-refractivity contribution in [3.05, 3.63) is 35.4 Å². The minimum atomic E-state index is -4.50. The molecule has 6 nitrogen and oxygen atoms in total. The van der Waals surface area contributed by atoms with Crippen molar-refractivity contribution in [2.45, 2.75) is 25.1 Å². The summed E-state index contributed by atoms with van der Waals surface area (Å²) in [4.78, 5) is 25.5. The molecule has 1 heterocycles. The lowest BCUT2D eigenvalue weighted by atomic mass is 9.84. The Hall–Kier alpha value is -2.10. The lowest BCUT2D eigenvalue weighted by Gasteiger charge is -2.38. The van der Waals surface area contributed by atoms with E-state index in [1.165, 1.54) is 24.1 Å². The zero-order valence-electron chi connectivity index (χ0n) is 13.5. The molecule has 0 spiro atoms. The number of sulfonamides is 1. The van der Waals surface area contributed by atoms with E-state index in [1.807, 2.05) is 4.72 Å². The summed E-state index contributed by atoms with van der Waals surface area (Å²) < 4.78 is 62.5. The molecule has 1 N–H and O–H groups in total. The van der Waals surface area contributed by atoms with Crippen LogP contribution >= 0.6 is 0 Å². The van der Waals surface area contributed by atoms with Gasteiger partial charge in [-0.05, 0) is 24.1 Å². The van der Waals surface area contributed by atoms with E-state index in [-0.39, 0.29) is 18.7 Å². The molecule has 1 aliphatic rings. The van der Waals surface area contributed by atoms with E-state index in [0.717, 1.165) is 18.4 Å². The summed E-state index contributed by atoms with van der Waals surface area (Å²) in [6, 6.07) is 3.29. The van der Waals surface area contributed by atoms with Gasteiger partial charge in [-0.3, -0.25) is 14.3 Å². The third-order valence-electron chi connectivity index (χ3n) is 4.06. The van der Waals surface area contributed by atoms with Crippen LogP contribution in [0.5, 0.6) is 0 Å². The summed E-state index contributed by atoms with van der Waals surface area (Å²) in [6.45, 7) is 0. The van der Waals surface area contributed by atoms with Crippen molar-refractivity contribution < 1.29 is 31.2 Å². The largest absolute Gasteiger partial charge is 0.416 e. The Labute approximate surface area is 143 Å². The number of piperidine rings is 1. The molecule has 25 heavy (non-hydrogen) atoms. The van der Waals surface area contributed by atoms with E-state index in [9.17, 15) is 31.2 Å². The fourth-order valence-corrected chi connectivity index (χ4v) is 3.41. The molecule has 1 fully saturated rings. The highest BCUT2D eigenvalue weighted by molar-refractivity contribution is 7.89. The standard InChI is InChI=1S/C15H17F3N2O4S/c1-20-12(21)8-7-11(14(22)19-25(2,23)24)13(20)9-3-5-10(6-4-9)15(16,17)18/h3-6,11,13H,7-8H2,1-2H3,(H,19,22). The summed E-state index contributed by atoms with van der Waals surface area (Å²) in [5.41, 5.74) is -0.518. The van der Waals surface area contributed by atoms with Gasteiger partial charge in [0.05, 0.1) is 23.8 Å². The lowest BCUT2D eigenvalue weighted by Crippen LogP contribution is -2.47. The first-order chi connectivity index (χ1) is 11.4. The number of carbonyl (C=O) groups is 2. The first kappa shape index (κ1) is 19.2. The molecule has 1 saturated heterocycles. The SMILES string of the molecule is CN1C(=O)CCC(C(=O)NS(C)(=O)=O)C1c1ccc(C(F)(F)F)cc1. The van der Waals surface area contributed by atoms with Gasteiger partial charge in [0.15, 0.2) is 0 Å². The Morgan fingerprint density at radius 1 is 1.24 bits per heavy atom. The number of nitrogens with zero attached hydrogens (tertiary/aromatic N) is 1. The molecule has 0 bridgehead atoms. The number of alkyl halides is 3. The van der Waals surface area contributed by atoms with Gasteiger partial charge in [0, 0.05) is 13.5 Å². The number of likely N-dealkylation sites (tertiary alicyclic amines) is 1. The highest BCUT2D eigenvalue weighted by Crippen LogP contribution is 2.37. The summed E-state index contributed by atoms with van der Waals surface area (Å²) in [5, 5.41) is 0. The van der Waals surface area contributed by atoms with E-state index in [0.29, 0.717) is 5.56 Å². The van der Waals surface area contributed by atoms with Crippen LogP contribution < -0.4 is 4.72 Å². The minimum Gasteiger partial charge on any atom is -0.338 e. The number of carbonyl (C=O) groups excluding carboxylic acids is 2. The van der Waals surface area contributed by atoms with Gasteiger partial charge in [-0.1, -0.05) is 12.1 Å². The molecule has 10 heteroatoms. The van der Waals surface area contributed by atoms with Crippen molar-refractivity contribution in [2.24, 2.45) is 5.92 Å². The van der Waals surface area contributed by atoms with Gasteiger partial charge in [-0.25, -0.2) is 8.42 Å². The Balaban J connectivity index is 2.37. The topological polar surface area (TPSA) is 83.6 Å². The smallest absolute Gasteiger partial charge is 0.338 e. The van der Waals surface area contributed by atoms with Crippen LogP contribution in [-0.4, -0.2) is 38.4 Å². The van der Waals surface area contributed by atoms with Crippen LogP contribution in [-0.2, 0) is 25.8 Å². The molecule has 0 radical (unpaired) electrons. The number of benzene rings is 1. The van der Waals surface area contributed by atoms with Gasteiger partial charge in [0.1, 0.15) is 0 Å². The Morgan fingerprint density at radius 2 is 1.80 bits per heavy atom. The molecular weight excluding hydrogens is 361 g/mol. The van der Waals surface area contributed by atoms with E-state index >= 15 is 0 Å². The Bertz CT molecular complexity index is 775. The summed E-state index contributed by atoms with van der Waals surface area (Å²) >= 11 is 0. The first-order valence-electron chi connectivity index (χ1n) is 7.34. The van der Waals surface area contributed by atoms with Crippen LogP contribution in [0.2, 0.25) is 0 Å². The predicted octanol–water partition coefficient (Wildman–Crippen LogP) is 1.69. The minimum absolute atomic E-state index is 0.0511. The molecule has 0 aliphatic carbocycles. The van der Waals surface area contributed by atoms with Gasteiger partial charge < -0.3 is 4.90 Å².